The number of thioether (sulfide) groups is 1. The van der Waals surface area contributed by atoms with Crippen LogP contribution in [0.5, 0.6) is 0 Å². The van der Waals surface area contributed by atoms with Crippen molar-refractivity contribution < 1.29 is 5.11 Å². The molecule has 0 radical (unpaired) electrons. The second-order valence-corrected chi connectivity index (χ2v) is 6.53. The summed E-state index contributed by atoms with van der Waals surface area (Å²) >= 11 is 3.35. The number of benzene rings is 1. The molecule has 2 heterocycles. The van der Waals surface area contributed by atoms with E-state index in [0.29, 0.717) is 0 Å². The largest absolute Gasteiger partial charge is 0.384 e. The summed E-state index contributed by atoms with van der Waals surface area (Å²) in [5, 5.41) is 11.7. The average Bonchev–Trinajstić information content (AvgIpc) is 3.08. The van der Waals surface area contributed by atoms with Gasteiger partial charge in [0, 0.05) is 16.2 Å². The van der Waals surface area contributed by atoms with Gasteiger partial charge in [-0.1, -0.05) is 29.7 Å². The third-order valence-corrected chi connectivity index (χ3v) is 5.01. The van der Waals surface area contributed by atoms with E-state index in [0.717, 1.165) is 27.5 Å². The molecule has 21 heavy (non-hydrogen) atoms. The van der Waals surface area contributed by atoms with Crippen LogP contribution in [0, 0.1) is 18.8 Å². The molecule has 0 atom stereocenters. The fourth-order valence-corrected chi connectivity index (χ4v) is 3.83. The van der Waals surface area contributed by atoms with Crippen LogP contribution in [0.1, 0.15) is 16.0 Å². The van der Waals surface area contributed by atoms with E-state index in [1.165, 1.54) is 10.4 Å². The molecule has 0 amide bonds. The molecule has 2 aromatic heterocycles. The summed E-state index contributed by atoms with van der Waals surface area (Å²) in [5.41, 5.74) is 4.29. The smallest absolute Gasteiger partial charge is 0.166 e. The normalized spacial score (nSPS) is 10.6. The molecule has 0 saturated carbocycles. The van der Waals surface area contributed by atoms with Gasteiger partial charge < -0.3 is 10.1 Å². The molecule has 0 aliphatic rings. The number of aromatic nitrogens is 2. The van der Waals surface area contributed by atoms with Crippen molar-refractivity contribution in [3.63, 3.8) is 0 Å². The van der Waals surface area contributed by atoms with Crippen LogP contribution in [-0.2, 0) is 5.75 Å². The van der Waals surface area contributed by atoms with Crippen molar-refractivity contribution in [2.75, 3.05) is 6.61 Å². The summed E-state index contributed by atoms with van der Waals surface area (Å²) in [6.45, 7) is 1.97. The number of hydrogen-bond donors (Lipinski definition) is 2. The Labute approximate surface area is 131 Å². The number of aliphatic hydroxyl groups is 1. The summed E-state index contributed by atoms with van der Waals surface area (Å²) < 4.78 is 0. The van der Waals surface area contributed by atoms with E-state index >= 15 is 0 Å². The molecule has 2 N–H and O–H groups in total. The fraction of sp³-hybridized carbons (Fsp3) is 0.188. The first-order valence-electron chi connectivity index (χ1n) is 6.51. The number of imidazole rings is 1. The van der Waals surface area contributed by atoms with Gasteiger partial charge in [0.05, 0.1) is 11.0 Å². The zero-order valence-corrected chi connectivity index (χ0v) is 13.1. The van der Waals surface area contributed by atoms with Gasteiger partial charge in [0.1, 0.15) is 6.61 Å². The summed E-state index contributed by atoms with van der Waals surface area (Å²) in [6.07, 6.45) is 0. The lowest BCUT2D eigenvalue weighted by Gasteiger charge is -1.96. The molecule has 0 spiro atoms. The van der Waals surface area contributed by atoms with E-state index < -0.39 is 0 Å². The molecule has 3 aromatic rings. The van der Waals surface area contributed by atoms with E-state index in [2.05, 4.69) is 40.9 Å². The Morgan fingerprint density at radius 1 is 1.38 bits per heavy atom. The van der Waals surface area contributed by atoms with Gasteiger partial charge in [-0.3, -0.25) is 0 Å². The zero-order valence-electron chi connectivity index (χ0n) is 11.5. The highest BCUT2D eigenvalue weighted by Crippen LogP contribution is 2.27. The average molecular weight is 314 g/mol. The minimum absolute atomic E-state index is 0.106. The lowest BCUT2D eigenvalue weighted by molar-refractivity contribution is 0.350. The molecule has 0 aliphatic carbocycles. The Balaban J connectivity index is 1.76. The maximum atomic E-state index is 8.78. The van der Waals surface area contributed by atoms with E-state index in [4.69, 9.17) is 5.11 Å². The number of aryl methyl sites for hydroxylation is 1. The van der Waals surface area contributed by atoms with Gasteiger partial charge in [-0.15, -0.1) is 11.3 Å². The monoisotopic (exact) mass is 314 g/mol. The van der Waals surface area contributed by atoms with Gasteiger partial charge in [0.25, 0.3) is 0 Å². The van der Waals surface area contributed by atoms with Crippen LogP contribution < -0.4 is 0 Å². The maximum absolute atomic E-state index is 8.78. The lowest BCUT2D eigenvalue weighted by atomic mass is 10.2. The summed E-state index contributed by atoms with van der Waals surface area (Å²) in [6, 6.07) is 8.20. The topological polar surface area (TPSA) is 48.9 Å². The molecule has 0 bridgehead atoms. The van der Waals surface area contributed by atoms with Crippen LogP contribution in [0.2, 0.25) is 0 Å². The number of thiophene rings is 1. The van der Waals surface area contributed by atoms with E-state index in [9.17, 15) is 0 Å². The number of H-pyrrole nitrogens is 1. The molecule has 0 fully saturated rings. The van der Waals surface area contributed by atoms with Crippen molar-refractivity contribution in [3.8, 4) is 11.8 Å². The van der Waals surface area contributed by atoms with Crippen molar-refractivity contribution in [2.24, 2.45) is 0 Å². The molecule has 0 saturated heterocycles. The molecule has 3 nitrogen and oxygen atoms in total. The number of fused-ring (bicyclic) bond motifs is 1. The summed E-state index contributed by atoms with van der Waals surface area (Å²) in [4.78, 5) is 9.13. The van der Waals surface area contributed by atoms with Gasteiger partial charge in [0.2, 0.25) is 0 Å². The van der Waals surface area contributed by atoms with E-state index in [1.807, 2.05) is 17.5 Å². The van der Waals surface area contributed by atoms with Gasteiger partial charge in [-0.25, -0.2) is 4.98 Å². The predicted molar refractivity (Wildman–Crippen MR) is 88.7 cm³/mol. The number of hydrogen-bond acceptors (Lipinski definition) is 4. The fourth-order valence-electron chi connectivity index (χ4n) is 2.00. The van der Waals surface area contributed by atoms with Crippen LogP contribution >= 0.6 is 23.1 Å². The van der Waals surface area contributed by atoms with Crippen LogP contribution in [-0.4, -0.2) is 21.7 Å². The first kappa shape index (κ1) is 14.2. The molecule has 1 aromatic carbocycles. The van der Waals surface area contributed by atoms with Gasteiger partial charge >= 0.3 is 0 Å². The van der Waals surface area contributed by atoms with Crippen LogP contribution in [0.15, 0.2) is 34.8 Å². The minimum atomic E-state index is -0.106. The Morgan fingerprint density at radius 3 is 3.14 bits per heavy atom. The molecule has 5 heteroatoms. The zero-order chi connectivity index (χ0) is 14.7. The summed E-state index contributed by atoms with van der Waals surface area (Å²) in [7, 11) is 0. The molecule has 0 unspecified atom stereocenters. The maximum Gasteiger partial charge on any atom is 0.166 e. The highest BCUT2D eigenvalue weighted by atomic mass is 32.2. The van der Waals surface area contributed by atoms with Crippen molar-refractivity contribution in [3.05, 3.63) is 45.6 Å². The highest BCUT2D eigenvalue weighted by molar-refractivity contribution is 7.98. The highest BCUT2D eigenvalue weighted by Gasteiger charge is 2.07. The van der Waals surface area contributed by atoms with Crippen molar-refractivity contribution >= 4 is 34.1 Å². The third-order valence-electron chi connectivity index (χ3n) is 3.00. The summed E-state index contributed by atoms with van der Waals surface area (Å²) in [5.74, 6) is 6.50. The van der Waals surface area contributed by atoms with Crippen molar-refractivity contribution in [2.45, 2.75) is 17.8 Å². The van der Waals surface area contributed by atoms with Gasteiger partial charge in [-0.05, 0) is 36.1 Å². The second kappa shape index (κ2) is 6.35. The molecule has 0 aliphatic heterocycles. The number of aliphatic hydroxyl groups excluding tert-OH is 1. The number of nitrogens with zero attached hydrogens (tertiary/aromatic N) is 1. The Morgan fingerprint density at radius 2 is 2.29 bits per heavy atom. The quantitative estimate of drug-likeness (QED) is 0.574. The third kappa shape index (κ3) is 3.30. The van der Waals surface area contributed by atoms with Crippen molar-refractivity contribution in [1.29, 1.82) is 0 Å². The van der Waals surface area contributed by atoms with E-state index in [-0.39, 0.29) is 6.61 Å². The van der Waals surface area contributed by atoms with Crippen LogP contribution in [0.4, 0.5) is 0 Å². The molecular weight excluding hydrogens is 300 g/mol. The molecule has 106 valence electrons. The molecule has 3 rings (SSSR count). The SMILES string of the molecule is Cc1ccc2nc(SCc3sccc3C#CCO)[nH]c2c1. The van der Waals surface area contributed by atoms with Gasteiger partial charge in [-0.2, -0.15) is 0 Å². The Hall–Kier alpha value is -1.74. The Kier molecular flexibility index (Phi) is 4.30. The number of rotatable bonds is 3. The predicted octanol–water partition coefficient (Wildman–Crippen LogP) is 3.57. The van der Waals surface area contributed by atoms with Crippen molar-refractivity contribution in [1.82, 2.24) is 9.97 Å². The number of nitrogens with one attached hydrogen (secondary N) is 1. The second-order valence-electron chi connectivity index (χ2n) is 4.57. The van der Waals surface area contributed by atoms with Crippen LogP contribution in [0.3, 0.4) is 0 Å². The standard InChI is InChI=1S/C16H14N2OS2/c1-11-4-5-13-14(9-11)18-16(17-13)21-10-15-12(3-2-7-19)6-8-20-15/h4-6,8-9,19H,7,10H2,1H3,(H,17,18). The minimum Gasteiger partial charge on any atom is -0.384 e. The van der Waals surface area contributed by atoms with Crippen LogP contribution in [0.25, 0.3) is 11.0 Å². The molecular formula is C16H14N2OS2. The number of aromatic amines is 1. The van der Waals surface area contributed by atoms with E-state index in [1.54, 1.807) is 23.1 Å². The first-order chi connectivity index (χ1) is 10.3. The Bertz CT molecular complexity index is 824. The lowest BCUT2D eigenvalue weighted by Crippen LogP contribution is -1.82. The first-order valence-corrected chi connectivity index (χ1v) is 8.38. The van der Waals surface area contributed by atoms with Gasteiger partial charge in [0.15, 0.2) is 5.16 Å².